The van der Waals surface area contributed by atoms with Crippen LogP contribution in [0.5, 0.6) is 0 Å². The lowest BCUT2D eigenvalue weighted by molar-refractivity contribution is 0.428. The summed E-state index contributed by atoms with van der Waals surface area (Å²) in [7, 11) is 0. The fourth-order valence-corrected chi connectivity index (χ4v) is 2.90. The molecular weight excluding hydrogens is 240 g/mol. The van der Waals surface area contributed by atoms with E-state index >= 15 is 0 Å². The molecule has 20 heavy (non-hydrogen) atoms. The van der Waals surface area contributed by atoms with Crippen LogP contribution >= 0.6 is 0 Å². The van der Waals surface area contributed by atoms with Crippen molar-refractivity contribution in [2.45, 2.75) is 66.2 Å². The highest BCUT2D eigenvalue weighted by Crippen LogP contribution is 2.31. The van der Waals surface area contributed by atoms with Gasteiger partial charge >= 0.3 is 0 Å². The van der Waals surface area contributed by atoms with Gasteiger partial charge in [-0.3, -0.25) is 0 Å². The summed E-state index contributed by atoms with van der Waals surface area (Å²) < 4.78 is 0. The Morgan fingerprint density at radius 3 is 2.15 bits per heavy atom. The van der Waals surface area contributed by atoms with Crippen LogP contribution in [0.3, 0.4) is 0 Å². The second kappa shape index (κ2) is 8.29. The molecule has 0 unspecified atom stereocenters. The summed E-state index contributed by atoms with van der Waals surface area (Å²) in [6.45, 7) is 17.3. The van der Waals surface area contributed by atoms with Gasteiger partial charge < -0.3 is 0 Å². The molecule has 0 aromatic carbocycles. The summed E-state index contributed by atoms with van der Waals surface area (Å²) in [5.41, 5.74) is 5.72. The summed E-state index contributed by atoms with van der Waals surface area (Å²) in [6.07, 6.45) is 12.0. The molecule has 0 aliphatic heterocycles. The molecule has 1 aliphatic carbocycles. The van der Waals surface area contributed by atoms with Gasteiger partial charge in [-0.05, 0) is 78.1 Å². The molecule has 112 valence electrons. The van der Waals surface area contributed by atoms with Crippen LogP contribution in [0.2, 0.25) is 0 Å². The lowest BCUT2D eigenvalue weighted by Crippen LogP contribution is -2.11. The minimum absolute atomic E-state index is 0.607. The second-order valence-corrected chi connectivity index (χ2v) is 6.74. The van der Waals surface area contributed by atoms with Crippen LogP contribution in [0.4, 0.5) is 0 Å². The summed E-state index contributed by atoms with van der Waals surface area (Å²) in [5, 5.41) is 0. The van der Waals surface area contributed by atoms with Gasteiger partial charge in [0.25, 0.3) is 0 Å². The second-order valence-electron chi connectivity index (χ2n) is 6.74. The third-order valence-electron chi connectivity index (χ3n) is 4.63. The Bertz CT molecular complexity index is 406. The molecule has 0 heteroatoms. The SMILES string of the molecule is C=C(C)[C@@H]1C/C=C(\C)CC/C=C(\C)CC[C@@H](C(=C)C)C1. The van der Waals surface area contributed by atoms with Crippen molar-refractivity contribution in [1.29, 1.82) is 0 Å². The molecule has 0 bridgehead atoms. The Balaban J connectivity index is 2.90. The van der Waals surface area contributed by atoms with Crippen molar-refractivity contribution < 1.29 is 0 Å². The van der Waals surface area contributed by atoms with E-state index in [0.717, 1.165) is 6.42 Å². The largest absolute Gasteiger partial charge is 0.0999 e. The maximum Gasteiger partial charge on any atom is -0.0168 e. The third-order valence-corrected chi connectivity index (χ3v) is 4.63. The summed E-state index contributed by atoms with van der Waals surface area (Å²) in [4.78, 5) is 0. The highest BCUT2D eigenvalue weighted by Gasteiger charge is 2.17. The minimum Gasteiger partial charge on any atom is -0.0999 e. The van der Waals surface area contributed by atoms with Gasteiger partial charge in [0, 0.05) is 0 Å². The van der Waals surface area contributed by atoms with Gasteiger partial charge in [-0.15, -0.1) is 0 Å². The Kier molecular flexibility index (Phi) is 7.05. The Morgan fingerprint density at radius 1 is 0.950 bits per heavy atom. The Hall–Kier alpha value is -1.04. The van der Waals surface area contributed by atoms with E-state index in [1.54, 1.807) is 0 Å². The van der Waals surface area contributed by atoms with E-state index in [1.807, 2.05) is 0 Å². The highest BCUT2D eigenvalue weighted by atomic mass is 14.2. The van der Waals surface area contributed by atoms with Crippen LogP contribution in [-0.2, 0) is 0 Å². The molecule has 0 fully saturated rings. The molecule has 0 saturated carbocycles. The first-order valence-electron chi connectivity index (χ1n) is 8.02. The quantitative estimate of drug-likeness (QED) is 0.496. The van der Waals surface area contributed by atoms with Gasteiger partial charge in [0.05, 0.1) is 0 Å². The van der Waals surface area contributed by atoms with E-state index in [4.69, 9.17) is 0 Å². The van der Waals surface area contributed by atoms with E-state index in [0.29, 0.717) is 11.8 Å². The summed E-state index contributed by atoms with van der Waals surface area (Å²) >= 11 is 0. The number of rotatable bonds is 2. The van der Waals surface area contributed by atoms with Crippen molar-refractivity contribution in [3.8, 4) is 0 Å². The fourth-order valence-electron chi connectivity index (χ4n) is 2.90. The normalized spacial score (nSPS) is 31.0. The molecular formula is C20H32. The summed E-state index contributed by atoms with van der Waals surface area (Å²) in [6, 6.07) is 0. The van der Waals surface area contributed by atoms with E-state index in [1.165, 1.54) is 54.4 Å². The number of allylic oxidation sites excluding steroid dienone is 6. The smallest absolute Gasteiger partial charge is 0.0168 e. The standard InChI is InChI=1S/C20H32/c1-15(2)19-12-10-17(5)8-7-9-18(6)11-13-20(14-19)16(3)4/h8,11,19-20H,1,3,7,9-10,12-14H2,2,4-6H3/b17-8+,18-11+/t19-,20-/m1/s1. The Labute approximate surface area is 126 Å². The van der Waals surface area contributed by atoms with Gasteiger partial charge in [-0.25, -0.2) is 0 Å². The molecule has 0 nitrogen and oxygen atoms in total. The molecule has 0 spiro atoms. The topological polar surface area (TPSA) is 0 Å². The van der Waals surface area contributed by atoms with Crippen molar-refractivity contribution in [3.05, 3.63) is 47.6 Å². The van der Waals surface area contributed by atoms with E-state index in [9.17, 15) is 0 Å². The molecule has 0 amide bonds. The van der Waals surface area contributed by atoms with Crippen LogP contribution in [0, 0.1) is 11.8 Å². The van der Waals surface area contributed by atoms with Gasteiger partial charge in [-0.1, -0.05) is 47.6 Å². The fraction of sp³-hybridized carbons (Fsp3) is 0.600. The molecule has 0 aromatic heterocycles. The first kappa shape index (κ1) is 17.0. The molecule has 0 radical (unpaired) electrons. The molecule has 2 atom stereocenters. The van der Waals surface area contributed by atoms with Crippen molar-refractivity contribution in [3.63, 3.8) is 0 Å². The molecule has 1 aliphatic rings. The average Bonchev–Trinajstić information content (AvgIpc) is 2.35. The summed E-state index contributed by atoms with van der Waals surface area (Å²) in [5.74, 6) is 1.24. The van der Waals surface area contributed by atoms with Gasteiger partial charge in [-0.2, -0.15) is 0 Å². The maximum absolute atomic E-state index is 4.22. The van der Waals surface area contributed by atoms with Crippen LogP contribution in [0.15, 0.2) is 47.6 Å². The molecule has 0 N–H and O–H groups in total. The van der Waals surface area contributed by atoms with E-state index in [2.05, 4.69) is 53.0 Å². The van der Waals surface area contributed by atoms with Crippen molar-refractivity contribution in [2.75, 3.05) is 0 Å². The zero-order chi connectivity index (χ0) is 15.1. The lowest BCUT2D eigenvalue weighted by atomic mass is 9.81. The first-order valence-corrected chi connectivity index (χ1v) is 8.02. The van der Waals surface area contributed by atoms with Crippen LogP contribution in [0.1, 0.15) is 66.2 Å². The first-order chi connectivity index (χ1) is 9.40. The van der Waals surface area contributed by atoms with Crippen molar-refractivity contribution in [2.24, 2.45) is 11.8 Å². The highest BCUT2D eigenvalue weighted by molar-refractivity contribution is 5.10. The third kappa shape index (κ3) is 5.94. The average molecular weight is 272 g/mol. The van der Waals surface area contributed by atoms with Crippen LogP contribution in [-0.4, -0.2) is 0 Å². The van der Waals surface area contributed by atoms with Crippen LogP contribution < -0.4 is 0 Å². The zero-order valence-corrected chi connectivity index (χ0v) is 14.0. The van der Waals surface area contributed by atoms with Gasteiger partial charge in [0.15, 0.2) is 0 Å². The molecule has 0 heterocycles. The maximum atomic E-state index is 4.22. The monoisotopic (exact) mass is 272 g/mol. The van der Waals surface area contributed by atoms with Gasteiger partial charge in [0.2, 0.25) is 0 Å². The predicted octanol–water partition coefficient (Wildman–Crippen LogP) is 6.62. The lowest BCUT2D eigenvalue weighted by Gasteiger charge is -2.24. The van der Waals surface area contributed by atoms with E-state index in [-0.39, 0.29) is 0 Å². The zero-order valence-electron chi connectivity index (χ0n) is 14.0. The van der Waals surface area contributed by atoms with Crippen molar-refractivity contribution >= 4 is 0 Å². The number of hydrogen-bond acceptors (Lipinski definition) is 0. The predicted molar refractivity (Wildman–Crippen MR) is 91.8 cm³/mol. The molecule has 0 saturated heterocycles. The molecule has 0 aromatic rings. The van der Waals surface area contributed by atoms with E-state index < -0.39 is 0 Å². The Morgan fingerprint density at radius 2 is 1.55 bits per heavy atom. The van der Waals surface area contributed by atoms with Gasteiger partial charge in [0.1, 0.15) is 0 Å². The molecule has 1 rings (SSSR count). The minimum atomic E-state index is 0.607. The number of hydrogen-bond donors (Lipinski definition) is 0. The van der Waals surface area contributed by atoms with Crippen molar-refractivity contribution in [1.82, 2.24) is 0 Å². The van der Waals surface area contributed by atoms with Crippen LogP contribution in [0.25, 0.3) is 0 Å².